The highest BCUT2D eigenvalue weighted by atomic mass is 16.5. The molecule has 0 aromatic carbocycles. The van der Waals surface area contributed by atoms with Gasteiger partial charge >= 0.3 is 6.03 Å². The van der Waals surface area contributed by atoms with Crippen molar-refractivity contribution in [3.8, 4) is 0 Å². The van der Waals surface area contributed by atoms with Crippen molar-refractivity contribution in [2.24, 2.45) is 5.92 Å². The summed E-state index contributed by atoms with van der Waals surface area (Å²) in [4.78, 5) is 36.6. The van der Waals surface area contributed by atoms with Crippen molar-refractivity contribution >= 4 is 17.8 Å². The van der Waals surface area contributed by atoms with E-state index in [1.165, 1.54) is 12.8 Å². The fraction of sp³-hybridized carbons (Fsp3) is 0.769. The Morgan fingerprint density at radius 3 is 2.55 bits per heavy atom. The molecule has 3 fully saturated rings. The van der Waals surface area contributed by atoms with Crippen LogP contribution >= 0.6 is 0 Å². The van der Waals surface area contributed by atoms with Crippen LogP contribution in [0.4, 0.5) is 4.79 Å². The maximum atomic E-state index is 12.0. The Morgan fingerprint density at radius 1 is 1.30 bits per heavy atom. The molecule has 0 atom stereocenters. The lowest BCUT2D eigenvalue weighted by Gasteiger charge is -2.36. The summed E-state index contributed by atoms with van der Waals surface area (Å²) in [5.41, 5.74) is -0.817. The van der Waals surface area contributed by atoms with Gasteiger partial charge in [-0.05, 0) is 31.6 Å². The molecule has 110 valence electrons. The van der Waals surface area contributed by atoms with Crippen LogP contribution in [0.5, 0.6) is 0 Å². The highest BCUT2D eigenvalue weighted by molar-refractivity contribution is 6.07. The van der Waals surface area contributed by atoms with Gasteiger partial charge in [0, 0.05) is 13.1 Å². The lowest BCUT2D eigenvalue weighted by molar-refractivity contribution is -0.140. The first kappa shape index (κ1) is 13.4. The number of likely N-dealkylation sites (tertiary alicyclic amines) is 1. The van der Waals surface area contributed by atoms with E-state index in [1.807, 2.05) is 0 Å². The van der Waals surface area contributed by atoms with Crippen LogP contribution in [0.25, 0.3) is 0 Å². The number of nitrogens with zero attached hydrogens (tertiary/aromatic N) is 1. The van der Waals surface area contributed by atoms with Crippen molar-refractivity contribution in [2.45, 2.75) is 31.2 Å². The summed E-state index contributed by atoms with van der Waals surface area (Å²) in [5.74, 6) is 0.328. The maximum Gasteiger partial charge on any atom is 0.322 e. The molecule has 3 rings (SSSR count). The number of hydrogen-bond acceptors (Lipinski definition) is 4. The molecular weight excluding hydrogens is 262 g/mol. The van der Waals surface area contributed by atoms with Crippen LogP contribution in [0.15, 0.2) is 0 Å². The molecule has 1 spiro atoms. The third-order valence-corrected chi connectivity index (χ3v) is 4.26. The largest absolute Gasteiger partial charge is 0.371 e. The van der Waals surface area contributed by atoms with Crippen LogP contribution in [0, 0.1) is 5.92 Å². The second kappa shape index (κ2) is 5.05. The van der Waals surface area contributed by atoms with Crippen molar-refractivity contribution in [3.05, 3.63) is 0 Å². The molecule has 2 heterocycles. The SMILES string of the molecule is O=C1NC(=O)C2(CCN(C(=O)COCC3CC3)CC2)N1. The Hall–Kier alpha value is -1.63. The molecule has 0 aromatic rings. The van der Waals surface area contributed by atoms with Gasteiger partial charge in [-0.15, -0.1) is 0 Å². The van der Waals surface area contributed by atoms with Gasteiger partial charge in [-0.1, -0.05) is 0 Å². The number of carbonyl (C=O) groups is 3. The van der Waals surface area contributed by atoms with Crippen LogP contribution in [-0.2, 0) is 14.3 Å². The predicted octanol–water partition coefficient (Wildman–Crippen LogP) is -0.386. The Kier molecular flexibility index (Phi) is 3.37. The minimum atomic E-state index is -0.817. The van der Waals surface area contributed by atoms with Gasteiger partial charge in [-0.3, -0.25) is 14.9 Å². The van der Waals surface area contributed by atoms with Crippen LogP contribution in [0.3, 0.4) is 0 Å². The van der Waals surface area contributed by atoms with E-state index in [4.69, 9.17) is 4.74 Å². The summed E-state index contributed by atoms with van der Waals surface area (Å²) in [7, 11) is 0. The standard InChI is InChI=1S/C13H19N3O4/c17-10(8-20-7-9-1-2-9)16-5-3-13(4-6-16)11(18)14-12(19)15-13/h9H,1-8H2,(H2,14,15,18,19). The summed E-state index contributed by atoms with van der Waals surface area (Å²) in [6, 6.07) is -0.442. The predicted molar refractivity (Wildman–Crippen MR) is 68.8 cm³/mol. The molecule has 7 heteroatoms. The summed E-state index contributed by atoms with van der Waals surface area (Å²) >= 11 is 0. The molecule has 0 radical (unpaired) electrons. The maximum absolute atomic E-state index is 12.0. The van der Waals surface area contributed by atoms with Gasteiger partial charge in [0.2, 0.25) is 5.91 Å². The molecule has 3 aliphatic rings. The molecule has 0 unspecified atom stereocenters. The van der Waals surface area contributed by atoms with Gasteiger partial charge in [0.1, 0.15) is 12.1 Å². The van der Waals surface area contributed by atoms with E-state index < -0.39 is 11.6 Å². The lowest BCUT2D eigenvalue weighted by atomic mass is 9.88. The first-order valence-electron chi connectivity index (χ1n) is 7.08. The van der Waals surface area contributed by atoms with Gasteiger partial charge in [0.05, 0.1) is 6.61 Å². The second-order valence-electron chi connectivity index (χ2n) is 5.83. The second-order valence-corrected chi connectivity index (χ2v) is 5.83. The minimum absolute atomic E-state index is 0.0368. The van der Waals surface area contributed by atoms with E-state index in [0.29, 0.717) is 38.5 Å². The number of amides is 4. The Bertz CT molecular complexity index is 439. The number of imide groups is 1. The number of ether oxygens (including phenoxy) is 1. The molecule has 0 aromatic heterocycles. The molecule has 2 saturated heterocycles. The molecule has 0 bridgehead atoms. The van der Waals surface area contributed by atoms with E-state index in [0.717, 1.165) is 0 Å². The van der Waals surface area contributed by atoms with Crippen LogP contribution in [0.1, 0.15) is 25.7 Å². The molecule has 1 aliphatic carbocycles. The zero-order chi connectivity index (χ0) is 14.2. The van der Waals surface area contributed by atoms with E-state index in [1.54, 1.807) is 4.90 Å². The van der Waals surface area contributed by atoms with E-state index in [-0.39, 0.29) is 18.4 Å². The molecule has 7 nitrogen and oxygen atoms in total. The van der Waals surface area contributed by atoms with E-state index in [2.05, 4.69) is 10.6 Å². The third-order valence-electron chi connectivity index (χ3n) is 4.26. The number of nitrogens with one attached hydrogen (secondary N) is 2. The summed E-state index contributed by atoms with van der Waals surface area (Å²) < 4.78 is 5.39. The topological polar surface area (TPSA) is 87.7 Å². The van der Waals surface area contributed by atoms with Crippen LogP contribution < -0.4 is 10.6 Å². The summed E-state index contributed by atoms with van der Waals surface area (Å²) in [6.07, 6.45) is 3.32. The first-order valence-corrected chi connectivity index (χ1v) is 7.08. The number of rotatable bonds is 4. The first-order chi connectivity index (χ1) is 9.59. The van der Waals surface area contributed by atoms with Crippen molar-refractivity contribution in [1.82, 2.24) is 15.5 Å². The molecular formula is C13H19N3O4. The minimum Gasteiger partial charge on any atom is -0.371 e. The zero-order valence-corrected chi connectivity index (χ0v) is 11.3. The number of hydrogen-bond donors (Lipinski definition) is 2. The van der Waals surface area contributed by atoms with Crippen molar-refractivity contribution in [3.63, 3.8) is 0 Å². The average Bonchev–Trinajstić information content (AvgIpc) is 3.18. The van der Waals surface area contributed by atoms with Crippen molar-refractivity contribution in [2.75, 3.05) is 26.3 Å². The van der Waals surface area contributed by atoms with Gasteiger partial charge < -0.3 is 15.0 Å². The average molecular weight is 281 g/mol. The fourth-order valence-corrected chi connectivity index (χ4v) is 2.71. The number of piperidine rings is 1. The molecule has 4 amide bonds. The Morgan fingerprint density at radius 2 is 2.00 bits per heavy atom. The third kappa shape index (κ3) is 2.63. The van der Waals surface area contributed by atoms with Crippen molar-refractivity contribution in [1.29, 1.82) is 0 Å². The molecule has 2 N–H and O–H groups in total. The smallest absolute Gasteiger partial charge is 0.322 e. The summed E-state index contributed by atoms with van der Waals surface area (Å²) in [6.45, 7) is 1.72. The monoisotopic (exact) mass is 281 g/mol. The quantitative estimate of drug-likeness (QED) is 0.687. The van der Waals surface area contributed by atoms with Gasteiger partial charge in [-0.2, -0.15) is 0 Å². The highest BCUT2D eigenvalue weighted by Gasteiger charge is 2.48. The van der Waals surface area contributed by atoms with E-state index in [9.17, 15) is 14.4 Å². The fourth-order valence-electron chi connectivity index (χ4n) is 2.71. The lowest BCUT2D eigenvalue weighted by Crippen LogP contribution is -2.56. The zero-order valence-electron chi connectivity index (χ0n) is 11.3. The van der Waals surface area contributed by atoms with Gasteiger partial charge in [0.25, 0.3) is 5.91 Å². The molecule has 2 aliphatic heterocycles. The molecule has 1 saturated carbocycles. The van der Waals surface area contributed by atoms with Gasteiger partial charge in [-0.25, -0.2) is 4.79 Å². The van der Waals surface area contributed by atoms with Crippen LogP contribution in [0.2, 0.25) is 0 Å². The van der Waals surface area contributed by atoms with E-state index >= 15 is 0 Å². The Balaban J connectivity index is 1.46. The summed E-state index contributed by atoms with van der Waals surface area (Å²) in [5, 5.41) is 4.93. The van der Waals surface area contributed by atoms with Gasteiger partial charge in [0.15, 0.2) is 0 Å². The number of urea groups is 1. The Labute approximate surface area is 117 Å². The highest BCUT2D eigenvalue weighted by Crippen LogP contribution is 2.29. The number of carbonyl (C=O) groups excluding carboxylic acids is 3. The van der Waals surface area contributed by atoms with Crippen molar-refractivity contribution < 1.29 is 19.1 Å². The van der Waals surface area contributed by atoms with Crippen LogP contribution in [-0.4, -0.2) is 54.6 Å². The normalized spacial score (nSPS) is 24.7. The molecule has 20 heavy (non-hydrogen) atoms.